The minimum absolute atomic E-state index is 0.435. The number of carbonyl (C=O) groups is 1. The Balaban J connectivity index is 1.85. The smallest absolute Gasteiger partial charge is 0.306 e. The molecular weight excluding hydrogens is 264 g/mol. The van der Waals surface area contributed by atoms with E-state index in [9.17, 15) is 9.90 Å². The molecule has 2 aromatic rings. The van der Waals surface area contributed by atoms with E-state index in [-0.39, 0.29) is 0 Å². The number of rotatable bonds is 7. The number of carboxylic acid groups (broad SMARTS) is 1. The third-order valence-corrected chi connectivity index (χ3v) is 2.90. The van der Waals surface area contributed by atoms with Gasteiger partial charge in [-0.2, -0.15) is 0 Å². The second kappa shape index (κ2) is 6.27. The largest absolute Gasteiger partial charge is 0.481 e. The zero-order valence-corrected chi connectivity index (χ0v) is 11.4. The molecule has 0 unspecified atom stereocenters. The van der Waals surface area contributed by atoms with Crippen molar-refractivity contribution in [3.8, 4) is 0 Å². The summed E-state index contributed by atoms with van der Waals surface area (Å²) in [6.45, 7) is 3.40. The Morgan fingerprint density at radius 3 is 1.75 bits per heavy atom. The van der Waals surface area contributed by atoms with Gasteiger partial charge in [-0.05, 0) is 12.8 Å². The van der Waals surface area contributed by atoms with Crippen molar-refractivity contribution in [1.82, 2.24) is 20.4 Å². The maximum atomic E-state index is 11.2. The summed E-state index contributed by atoms with van der Waals surface area (Å²) >= 11 is 0. The summed E-state index contributed by atoms with van der Waals surface area (Å²) in [5, 5.41) is 24.3. The molecule has 0 atom stereocenters. The van der Waals surface area contributed by atoms with Crippen molar-refractivity contribution in [2.45, 2.75) is 39.5 Å². The van der Waals surface area contributed by atoms with E-state index in [1.54, 1.807) is 13.8 Å². The fraction of sp³-hybridized carbons (Fsp3) is 0.583. The highest BCUT2D eigenvalue weighted by Crippen LogP contribution is 2.16. The van der Waals surface area contributed by atoms with Crippen molar-refractivity contribution < 1.29 is 18.7 Å². The van der Waals surface area contributed by atoms with E-state index in [4.69, 9.17) is 8.83 Å². The van der Waals surface area contributed by atoms with E-state index in [1.165, 1.54) is 0 Å². The zero-order valence-electron chi connectivity index (χ0n) is 11.4. The lowest BCUT2D eigenvalue weighted by Gasteiger charge is -2.09. The summed E-state index contributed by atoms with van der Waals surface area (Å²) in [5.74, 6) is 0.526. The first kappa shape index (κ1) is 14.2. The summed E-state index contributed by atoms with van der Waals surface area (Å²) in [6, 6.07) is 0. The van der Waals surface area contributed by atoms with Gasteiger partial charge in [-0.1, -0.05) is 0 Å². The highest BCUT2D eigenvalue weighted by Gasteiger charge is 2.20. The molecule has 0 aliphatic carbocycles. The molecule has 2 aromatic heterocycles. The van der Waals surface area contributed by atoms with E-state index in [0.717, 1.165) is 0 Å². The summed E-state index contributed by atoms with van der Waals surface area (Å²) in [6.07, 6.45) is 1.76. The average molecular weight is 280 g/mol. The summed E-state index contributed by atoms with van der Waals surface area (Å²) in [7, 11) is 0. The SMILES string of the molecule is Cc1nnc(CCC(CCc2nnc(C)o2)C(=O)O)o1. The van der Waals surface area contributed by atoms with Crippen LogP contribution in [0, 0.1) is 19.8 Å². The van der Waals surface area contributed by atoms with Crippen LogP contribution in [-0.2, 0) is 17.6 Å². The van der Waals surface area contributed by atoms with Crippen LogP contribution in [0.2, 0.25) is 0 Å². The van der Waals surface area contributed by atoms with Crippen molar-refractivity contribution in [1.29, 1.82) is 0 Å². The van der Waals surface area contributed by atoms with Crippen LogP contribution >= 0.6 is 0 Å². The van der Waals surface area contributed by atoms with Gasteiger partial charge in [0.25, 0.3) is 0 Å². The highest BCUT2D eigenvalue weighted by molar-refractivity contribution is 5.69. The first-order chi connectivity index (χ1) is 9.54. The van der Waals surface area contributed by atoms with Gasteiger partial charge in [-0.15, -0.1) is 20.4 Å². The Bertz CT molecular complexity index is 533. The normalized spacial score (nSPS) is 11.2. The number of hydrogen-bond donors (Lipinski definition) is 1. The molecule has 0 aromatic carbocycles. The van der Waals surface area contributed by atoms with Gasteiger partial charge < -0.3 is 13.9 Å². The lowest BCUT2D eigenvalue weighted by Crippen LogP contribution is -2.15. The average Bonchev–Trinajstić information content (AvgIpc) is 2.98. The molecule has 0 spiro atoms. The second-order valence-corrected chi connectivity index (χ2v) is 4.54. The molecule has 1 N–H and O–H groups in total. The molecule has 0 fully saturated rings. The zero-order chi connectivity index (χ0) is 14.5. The Hall–Kier alpha value is -2.25. The van der Waals surface area contributed by atoms with Crippen molar-refractivity contribution >= 4 is 5.97 Å². The fourth-order valence-corrected chi connectivity index (χ4v) is 1.86. The first-order valence-electron chi connectivity index (χ1n) is 6.35. The van der Waals surface area contributed by atoms with Gasteiger partial charge in [0.05, 0.1) is 5.92 Å². The molecule has 0 radical (unpaired) electrons. The standard InChI is InChI=1S/C12H16N4O4/c1-7-13-15-10(19-7)5-3-9(12(17)18)4-6-11-16-14-8(2)20-11/h9H,3-6H2,1-2H3,(H,17,18). The Morgan fingerprint density at radius 2 is 1.45 bits per heavy atom. The number of nitrogens with zero attached hydrogens (tertiary/aromatic N) is 4. The number of aryl methyl sites for hydroxylation is 4. The predicted molar refractivity (Wildman–Crippen MR) is 65.8 cm³/mol. The lowest BCUT2D eigenvalue weighted by atomic mass is 9.98. The van der Waals surface area contributed by atoms with Gasteiger partial charge in [0, 0.05) is 26.7 Å². The Labute approximate surface area is 115 Å². The van der Waals surface area contributed by atoms with Gasteiger partial charge in [0.15, 0.2) is 0 Å². The van der Waals surface area contributed by atoms with Gasteiger partial charge in [0.1, 0.15) is 0 Å². The van der Waals surface area contributed by atoms with E-state index >= 15 is 0 Å². The first-order valence-corrected chi connectivity index (χ1v) is 6.35. The molecule has 0 bridgehead atoms. The van der Waals surface area contributed by atoms with E-state index in [2.05, 4.69) is 20.4 Å². The van der Waals surface area contributed by atoms with Crippen LogP contribution in [-0.4, -0.2) is 31.5 Å². The van der Waals surface area contributed by atoms with Crippen LogP contribution in [0.4, 0.5) is 0 Å². The van der Waals surface area contributed by atoms with Crippen LogP contribution < -0.4 is 0 Å². The molecule has 20 heavy (non-hydrogen) atoms. The molecule has 8 heteroatoms. The second-order valence-electron chi connectivity index (χ2n) is 4.54. The maximum absolute atomic E-state index is 11.2. The third-order valence-electron chi connectivity index (χ3n) is 2.90. The van der Waals surface area contributed by atoms with E-state index in [1.807, 2.05) is 0 Å². The van der Waals surface area contributed by atoms with Crippen LogP contribution in [0.1, 0.15) is 36.4 Å². The Kier molecular flexibility index (Phi) is 4.44. The van der Waals surface area contributed by atoms with Gasteiger partial charge in [-0.3, -0.25) is 4.79 Å². The predicted octanol–water partition coefficient (Wildman–Crippen LogP) is 1.34. The van der Waals surface area contributed by atoms with E-state index < -0.39 is 11.9 Å². The molecular formula is C12H16N4O4. The highest BCUT2D eigenvalue weighted by atomic mass is 16.4. The quantitative estimate of drug-likeness (QED) is 0.807. The van der Waals surface area contributed by atoms with Crippen LogP contribution in [0.15, 0.2) is 8.83 Å². The molecule has 0 saturated carbocycles. The molecule has 2 rings (SSSR count). The number of aromatic nitrogens is 4. The Morgan fingerprint density at radius 1 is 1.00 bits per heavy atom. The monoisotopic (exact) mass is 280 g/mol. The lowest BCUT2D eigenvalue weighted by molar-refractivity contribution is -0.142. The molecule has 108 valence electrons. The van der Waals surface area contributed by atoms with Crippen molar-refractivity contribution in [2.75, 3.05) is 0 Å². The molecule has 0 saturated heterocycles. The molecule has 0 aliphatic rings. The van der Waals surface area contributed by atoms with Gasteiger partial charge in [0.2, 0.25) is 23.6 Å². The van der Waals surface area contributed by atoms with Crippen LogP contribution in [0.3, 0.4) is 0 Å². The van der Waals surface area contributed by atoms with Crippen molar-refractivity contribution in [3.63, 3.8) is 0 Å². The minimum atomic E-state index is -0.850. The minimum Gasteiger partial charge on any atom is -0.481 e. The molecule has 0 amide bonds. The van der Waals surface area contributed by atoms with E-state index in [0.29, 0.717) is 49.2 Å². The summed E-state index contributed by atoms with van der Waals surface area (Å²) < 4.78 is 10.4. The van der Waals surface area contributed by atoms with Crippen LogP contribution in [0.5, 0.6) is 0 Å². The summed E-state index contributed by atoms with van der Waals surface area (Å²) in [5.41, 5.74) is 0. The third kappa shape index (κ3) is 3.87. The maximum Gasteiger partial charge on any atom is 0.306 e. The number of aliphatic carboxylic acids is 1. The number of hydrogen-bond acceptors (Lipinski definition) is 7. The summed E-state index contributed by atoms with van der Waals surface area (Å²) in [4.78, 5) is 11.2. The van der Waals surface area contributed by atoms with Crippen LogP contribution in [0.25, 0.3) is 0 Å². The molecule has 2 heterocycles. The number of carboxylic acids is 1. The molecule has 8 nitrogen and oxygen atoms in total. The van der Waals surface area contributed by atoms with Crippen molar-refractivity contribution in [3.05, 3.63) is 23.6 Å². The van der Waals surface area contributed by atoms with Crippen molar-refractivity contribution in [2.24, 2.45) is 5.92 Å². The topological polar surface area (TPSA) is 115 Å². The molecule has 0 aliphatic heterocycles. The van der Waals surface area contributed by atoms with Gasteiger partial charge in [-0.25, -0.2) is 0 Å². The fourth-order valence-electron chi connectivity index (χ4n) is 1.86. The van der Waals surface area contributed by atoms with Gasteiger partial charge >= 0.3 is 5.97 Å².